The summed E-state index contributed by atoms with van der Waals surface area (Å²) in [6.45, 7) is 1.88. The third kappa shape index (κ3) is 16.5. The van der Waals surface area contributed by atoms with Crippen LogP contribution < -0.4 is 11.1 Å². The Bertz CT molecular complexity index is 468. The molecule has 176 valence electrons. The molecule has 5 N–H and O–H groups in total. The van der Waals surface area contributed by atoms with Crippen LogP contribution in [0, 0.1) is 0 Å². The van der Waals surface area contributed by atoms with Gasteiger partial charge in [0.1, 0.15) is 0 Å². The number of hydrogen-bond acceptors (Lipinski definition) is 5. The van der Waals surface area contributed by atoms with Crippen LogP contribution in [-0.2, 0) is 9.59 Å². The molecular weight excluding hydrogens is 380 g/mol. The van der Waals surface area contributed by atoms with E-state index in [1.807, 2.05) is 0 Å². The number of carboxylic acid groups (broad SMARTS) is 1. The van der Waals surface area contributed by atoms with Gasteiger partial charge in [0.25, 0.3) is 0 Å². The highest BCUT2D eigenvalue weighted by Gasteiger charge is 2.32. The second kappa shape index (κ2) is 19.7. The molecule has 0 saturated heterocycles. The number of aliphatic hydroxyl groups excluding tert-OH is 1. The SMILES string of the molecule is CCCCCCCC/C=C\CCCCCCCC(=O)C(N)(CCO)CNCC(=O)O. The van der Waals surface area contributed by atoms with Gasteiger partial charge in [-0.2, -0.15) is 0 Å². The summed E-state index contributed by atoms with van der Waals surface area (Å²) in [6.07, 6.45) is 20.8. The summed E-state index contributed by atoms with van der Waals surface area (Å²) in [5.41, 5.74) is 4.94. The maximum Gasteiger partial charge on any atom is 0.317 e. The zero-order valence-electron chi connectivity index (χ0n) is 19.2. The Morgan fingerprint density at radius 2 is 1.43 bits per heavy atom. The van der Waals surface area contributed by atoms with Crippen molar-refractivity contribution in [3.8, 4) is 0 Å². The predicted octanol–water partition coefficient (Wildman–Crippen LogP) is 4.35. The van der Waals surface area contributed by atoms with Gasteiger partial charge in [-0.25, -0.2) is 0 Å². The van der Waals surface area contributed by atoms with Gasteiger partial charge < -0.3 is 21.3 Å². The molecule has 0 heterocycles. The first-order valence-electron chi connectivity index (χ1n) is 12.0. The van der Waals surface area contributed by atoms with E-state index < -0.39 is 11.5 Å². The van der Waals surface area contributed by atoms with E-state index in [9.17, 15) is 14.7 Å². The van der Waals surface area contributed by atoms with Crippen molar-refractivity contribution in [2.45, 2.75) is 109 Å². The molecule has 0 aliphatic rings. The summed E-state index contributed by atoms with van der Waals surface area (Å²) >= 11 is 0. The average molecular weight is 427 g/mol. The molecule has 0 saturated carbocycles. The van der Waals surface area contributed by atoms with E-state index in [1.54, 1.807) is 0 Å². The summed E-state index contributed by atoms with van der Waals surface area (Å²) < 4.78 is 0. The van der Waals surface area contributed by atoms with E-state index in [-0.39, 0.29) is 31.9 Å². The lowest BCUT2D eigenvalue weighted by Gasteiger charge is -2.27. The van der Waals surface area contributed by atoms with Crippen LogP contribution in [-0.4, -0.2) is 47.2 Å². The van der Waals surface area contributed by atoms with Crippen LogP contribution in [0.3, 0.4) is 0 Å². The van der Waals surface area contributed by atoms with Crippen molar-refractivity contribution in [1.29, 1.82) is 0 Å². The van der Waals surface area contributed by atoms with Crippen molar-refractivity contribution >= 4 is 11.8 Å². The van der Waals surface area contributed by atoms with E-state index in [1.165, 1.54) is 57.8 Å². The van der Waals surface area contributed by atoms with Crippen LogP contribution in [0.25, 0.3) is 0 Å². The van der Waals surface area contributed by atoms with Gasteiger partial charge in [-0.15, -0.1) is 0 Å². The first-order valence-corrected chi connectivity index (χ1v) is 12.0. The summed E-state index contributed by atoms with van der Waals surface area (Å²) in [6, 6.07) is 0. The van der Waals surface area contributed by atoms with Crippen LogP contribution in [0.4, 0.5) is 0 Å². The minimum absolute atomic E-state index is 0.0732. The number of nitrogens with one attached hydrogen (secondary N) is 1. The summed E-state index contributed by atoms with van der Waals surface area (Å²) in [5.74, 6) is -1.10. The fourth-order valence-electron chi connectivity index (χ4n) is 3.52. The molecule has 1 unspecified atom stereocenters. The zero-order valence-corrected chi connectivity index (χ0v) is 19.2. The van der Waals surface area contributed by atoms with E-state index in [0.717, 1.165) is 25.7 Å². The quantitative estimate of drug-likeness (QED) is 0.151. The highest BCUT2D eigenvalue weighted by Crippen LogP contribution is 2.14. The lowest BCUT2D eigenvalue weighted by molar-refractivity contribution is -0.136. The van der Waals surface area contributed by atoms with Gasteiger partial charge in [0.05, 0.1) is 12.1 Å². The van der Waals surface area contributed by atoms with Gasteiger partial charge in [0, 0.05) is 19.6 Å². The van der Waals surface area contributed by atoms with E-state index in [4.69, 9.17) is 10.8 Å². The Labute approximate surface area is 183 Å². The maximum atomic E-state index is 12.4. The molecule has 0 amide bonds. The van der Waals surface area contributed by atoms with Crippen molar-refractivity contribution in [2.24, 2.45) is 5.73 Å². The maximum absolute atomic E-state index is 12.4. The summed E-state index contributed by atoms with van der Waals surface area (Å²) in [4.78, 5) is 23.0. The number of ketones is 1. The standard InChI is InChI=1S/C24H46N2O4/c1-2-3-4-5-6-7-8-9-10-11-12-13-14-15-16-17-22(28)24(25,18-19-27)21-26-20-23(29)30/h9-10,26-27H,2-8,11-21,25H2,1H3,(H,29,30)/b10-9-. The number of Topliss-reactive ketones (excluding diaryl/α,β-unsaturated/α-hetero) is 1. The fourth-order valence-corrected chi connectivity index (χ4v) is 3.52. The minimum atomic E-state index is -1.19. The van der Waals surface area contributed by atoms with Crippen molar-refractivity contribution in [2.75, 3.05) is 19.7 Å². The molecule has 0 aliphatic heterocycles. The monoisotopic (exact) mass is 426 g/mol. The van der Waals surface area contributed by atoms with E-state index >= 15 is 0 Å². The smallest absolute Gasteiger partial charge is 0.317 e. The normalized spacial score (nSPS) is 13.6. The first kappa shape index (κ1) is 28.8. The fraction of sp³-hybridized carbons (Fsp3) is 0.833. The Hall–Kier alpha value is -1.24. The molecule has 0 bridgehead atoms. The third-order valence-corrected chi connectivity index (χ3v) is 5.50. The van der Waals surface area contributed by atoms with Crippen LogP contribution in [0.1, 0.15) is 103 Å². The lowest BCUT2D eigenvalue weighted by atomic mass is 9.88. The number of carboxylic acids is 1. The molecule has 0 aromatic rings. The van der Waals surface area contributed by atoms with Gasteiger partial charge in [0.2, 0.25) is 0 Å². The number of nitrogens with two attached hydrogens (primary N) is 1. The molecule has 30 heavy (non-hydrogen) atoms. The van der Waals surface area contributed by atoms with E-state index in [0.29, 0.717) is 6.42 Å². The highest BCUT2D eigenvalue weighted by atomic mass is 16.4. The number of carbonyl (C=O) groups excluding carboxylic acids is 1. The van der Waals surface area contributed by atoms with Crippen LogP contribution in [0.2, 0.25) is 0 Å². The molecule has 0 aromatic carbocycles. The number of aliphatic carboxylic acids is 1. The first-order chi connectivity index (χ1) is 14.5. The number of carbonyl (C=O) groups is 2. The number of hydrogen-bond donors (Lipinski definition) is 4. The Balaban J connectivity index is 3.72. The van der Waals surface area contributed by atoms with Gasteiger partial charge in [-0.3, -0.25) is 9.59 Å². The van der Waals surface area contributed by atoms with Crippen molar-refractivity contribution in [3.63, 3.8) is 0 Å². The topological polar surface area (TPSA) is 113 Å². The third-order valence-electron chi connectivity index (χ3n) is 5.50. The Morgan fingerprint density at radius 3 is 1.97 bits per heavy atom. The number of unbranched alkanes of at least 4 members (excludes halogenated alkanes) is 11. The minimum Gasteiger partial charge on any atom is -0.480 e. The van der Waals surface area contributed by atoms with Gasteiger partial charge in [-0.1, -0.05) is 70.4 Å². The van der Waals surface area contributed by atoms with Crippen molar-refractivity contribution in [3.05, 3.63) is 12.2 Å². The lowest BCUT2D eigenvalue weighted by Crippen LogP contribution is -2.56. The Morgan fingerprint density at radius 1 is 0.900 bits per heavy atom. The van der Waals surface area contributed by atoms with Crippen molar-refractivity contribution in [1.82, 2.24) is 5.32 Å². The average Bonchev–Trinajstić information content (AvgIpc) is 2.70. The molecule has 0 radical (unpaired) electrons. The second-order valence-corrected chi connectivity index (χ2v) is 8.38. The largest absolute Gasteiger partial charge is 0.480 e. The molecule has 0 rings (SSSR count). The molecule has 0 spiro atoms. The van der Waals surface area contributed by atoms with Crippen LogP contribution in [0.5, 0.6) is 0 Å². The highest BCUT2D eigenvalue weighted by molar-refractivity contribution is 5.88. The van der Waals surface area contributed by atoms with Crippen LogP contribution >= 0.6 is 0 Å². The van der Waals surface area contributed by atoms with Crippen molar-refractivity contribution < 1.29 is 19.8 Å². The van der Waals surface area contributed by atoms with E-state index in [2.05, 4.69) is 24.4 Å². The summed E-state index contributed by atoms with van der Waals surface area (Å²) in [7, 11) is 0. The second-order valence-electron chi connectivity index (χ2n) is 8.38. The molecule has 1 atom stereocenters. The number of allylic oxidation sites excluding steroid dienone is 2. The molecular formula is C24H46N2O4. The van der Waals surface area contributed by atoms with Crippen LogP contribution in [0.15, 0.2) is 12.2 Å². The molecule has 6 heteroatoms. The molecule has 0 aromatic heterocycles. The zero-order chi connectivity index (χ0) is 22.5. The van der Waals surface area contributed by atoms with Gasteiger partial charge in [0.15, 0.2) is 5.78 Å². The summed E-state index contributed by atoms with van der Waals surface area (Å²) in [5, 5.41) is 20.6. The van der Waals surface area contributed by atoms with Gasteiger partial charge in [-0.05, 0) is 38.5 Å². The number of aliphatic hydroxyl groups is 1. The molecule has 0 fully saturated rings. The Kier molecular flexibility index (Phi) is 18.9. The predicted molar refractivity (Wildman–Crippen MR) is 124 cm³/mol. The molecule has 6 nitrogen and oxygen atoms in total. The number of rotatable bonds is 22. The van der Waals surface area contributed by atoms with Gasteiger partial charge >= 0.3 is 5.97 Å². The molecule has 0 aliphatic carbocycles.